The summed E-state index contributed by atoms with van der Waals surface area (Å²) in [6.07, 6.45) is 2.98. The third-order valence-electron chi connectivity index (χ3n) is 3.98. The van der Waals surface area contributed by atoms with E-state index in [-0.39, 0.29) is 17.0 Å². The average molecular weight is 381 g/mol. The van der Waals surface area contributed by atoms with Gasteiger partial charge in [-0.2, -0.15) is 0 Å². The van der Waals surface area contributed by atoms with Crippen LogP contribution in [0.15, 0.2) is 60.9 Å². The van der Waals surface area contributed by atoms with Crippen LogP contribution in [0.1, 0.15) is 36.8 Å². The van der Waals surface area contributed by atoms with Crippen molar-refractivity contribution < 1.29 is 4.79 Å². The first-order valence-electron chi connectivity index (χ1n) is 8.58. The van der Waals surface area contributed by atoms with Crippen molar-refractivity contribution in [3.8, 4) is 0 Å². The van der Waals surface area contributed by atoms with E-state index in [1.54, 1.807) is 12.1 Å². The summed E-state index contributed by atoms with van der Waals surface area (Å²) in [4.78, 5) is 21.0. The maximum absolute atomic E-state index is 12.6. The summed E-state index contributed by atoms with van der Waals surface area (Å²) in [5, 5.41) is 6.71. The van der Waals surface area contributed by atoms with Crippen molar-refractivity contribution in [1.29, 1.82) is 0 Å². The molecule has 138 valence electrons. The summed E-state index contributed by atoms with van der Waals surface area (Å²) < 4.78 is 0. The van der Waals surface area contributed by atoms with Crippen LogP contribution in [-0.2, 0) is 5.41 Å². The van der Waals surface area contributed by atoms with Gasteiger partial charge in [-0.15, -0.1) is 0 Å². The number of hydrogen-bond acceptors (Lipinski definition) is 4. The van der Waals surface area contributed by atoms with E-state index in [1.165, 1.54) is 12.4 Å². The van der Waals surface area contributed by atoms with Gasteiger partial charge in [0.1, 0.15) is 11.5 Å². The highest BCUT2D eigenvalue weighted by molar-refractivity contribution is 6.30. The lowest BCUT2D eigenvalue weighted by atomic mass is 9.86. The predicted molar refractivity (Wildman–Crippen MR) is 110 cm³/mol. The minimum absolute atomic E-state index is 0.0814. The van der Waals surface area contributed by atoms with E-state index in [2.05, 4.69) is 41.4 Å². The van der Waals surface area contributed by atoms with Crippen molar-refractivity contribution in [3.63, 3.8) is 0 Å². The van der Waals surface area contributed by atoms with Crippen molar-refractivity contribution in [2.45, 2.75) is 26.2 Å². The Morgan fingerprint density at radius 2 is 1.67 bits per heavy atom. The number of hydrogen-bond donors (Lipinski definition) is 2. The van der Waals surface area contributed by atoms with Crippen LogP contribution < -0.4 is 10.6 Å². The Kier molecular flexibility index (Phi) is 5.42. The number of nitrogens with one attached hydrogen (secondary N) is 2. The second kappa shape index (κ2) is 7.76. The molecule has 0 unspecified atom stereocenters. The molecule has 3 aromatic rings. The second-order valence-electron chi connectivity index (χ2n) is 7.17. The van der Waals surface area contributed by atoms with E-state index in [0.717, 1.165) is 16.9 Å². The zero-order chi connectivity index (χ0) is 19.4. The highest BCUT2D eigenvalue weighted by Gasteiger charge is 2.19. The molecule has 5 nitrogen and oxygen atoms in total. The highest BCUT2D eigenvalue weighted by Crippen LogP contribution is 2.29. The van der Waals surface area contributed by atoms with E-state index in [1.807, 2.05) is 36.4 Å². The topological polar surface area (TPSA) is 66.9 Å². The summed E-state index contributed by atoms with van der Waals surface area (Å²) in [7, 11) is 0. The molecule has 0 atom stereocenters. The normalized spacial score (nSPS) is 11.1. The van der Waals surface area contributed by atoms with Gasteiger partial charge in [0.15, 0.2) is 0 Å². The Labute approximate surface area is 163 Å². The quantitative estimate of drug-likeness (QED) is 0.633. The number of rotatable bonds is 4. The van der Waals surface area contributed by atoms with E-state index in [0.29, 0.717) is 10.8 Å². The van der Waals surface area contributed by atoms with E-state index < -0.39 is 0 Å². The van der Waals surface area contributed by atoms with Crippen molar-refractivity contribution in [1.82, 2.24) is 9.97 Å². The van der Waals surface area contributed by atoms with Gasteiger partial charge >= 0.3 is 0 Å². The molecule has 0 saturated heterocycles. The molecule has 0 aliphatic rings. The van der Waals surface area contributed by atoms with Crippen molar-refractivity contribution in [3.05, 3.63) is 77.2 Å². The van der Waals surface area contributed by atoms with Gasteiger partial charge in [0.25, 0.3) is 5.91 Å². The molecule has 0 radical (unpaired) electrons. The van der Waals surface area contributed by atoms with Gasteiger partial charge in [0, 0.05) is 16.4 Å². The molecule has 2 N–H and O–H groups in total. The first-order valence-corrected chi connectivity index (χ1v) is 8.96. The van der Waals surface area contributed by atoms with Crippen LogP contribution in [0.4, 0.5) is 17.2 Å². The van der Waals surface area contributed by atoms with Crippen LogP contribution in [0.25, 0.3) is 0 Å². The zero-order valence-corrected chi connectivity index (χ0v) is 16.2. The number of aromatic nitrogens is 2. The molecule has 0 spiro atoms. The second-order valence-corrected chi connectivity index (χ2v) is 7.60. The summed E-state index contributed by atoms with van der Waals surface area (Å²) in [6.45, 7) is 6.32. The predicted octanol–water partition coefficient (Wildman–Crippen LogP) is 5.42. The van der Waals surface area contributed by atoms with Crippen molar-refractivity contribution in [2.75, 3.05) is 10.6 Å². The Morgan fingerprint density at radius 3 is 2.30 bits per heavy atom. The minimum Gasteiger partial charge on any atom is -0.339 e. The van der Waals surface area contributed by atoms with Crippen LogP contribution in [0, 0.1) is 0 Å². The molecule has 1 heterocycles. The van der Waals surface area contributed by atoms with Gasteiger partial charge in [0.2, 0.25) is 0 Å². The number of carbonyl (C=O) groups is 1. The number of nitrogens with zero attached hydrogens (tertiary/aromatic N) is 2. The molecule has 27 heavy (non-hydrogen) atoms. The van der Waals surface area contributed by atoms with Crippen LogP contribution in [0.2, 0.25) is 5.02 Å². The number of benzene rings is 2. The van der Waals surface area contributed by atoms with Crippen LogP contribution in [0.3, 0.4) is 0 Å². The minimum atomic E-state index is -0.294. The molecule has 0 aliphatic heterocycles. The molecule has 0 saturated carbocycles. The van der Waals surface area contributed by atoms with Crippen LogP contribution >= 0.6 is 11.6 Å². The van der Waals surface area contributed by atoms with E-state index in [4.69, 9.17) is 11.6 Å². The fourth-order valence-corrected chi connectivity index (χ4v) is 2.75. The number of anilines is 3. The number of amides is 1. The van der Waals surface area contributed by atoms with Gasteiger partial charge in [-0.1, -0.05) is 50.6 Å². The fourth-order valence-electron chi connectivity index (χ4n) is 2.62. The number of halogens is 1. The van der Waals surface area contributed by atoms with E-state index in [9.17, 15) is 4.79 Å². The average Bonchev–Trinajstić information content (AvgIpc) is 2.64. The summed E-state index contributed by atoms with van der Waals surface area (Å²) in [5.74, 6) is 0.251. The summed E-state index contributed by atoms with van der Waals surface area (Å²) >= 11 is 5.88. The fraction of sp³-hybridized carbons (Fsp3) is 0.190. The van der Waals surface area contributed by atoms with Crippen molar-refractivity contribution in [2.24, 2.45) is 0 Å². The van der Waals surface area contributed by atoms with Crippen LogP contribution in [-0.4, -0.2) is 15.9 Å². The van der Waals surface area contributed by atoms with E-state index >= 15 is 0 Å². The lowest BCUT2D eigenvalue weighted by Gasteiger charge is -2.22. The van der Waals surface area contributed by atoms with Gasteiger partial charge in [-0.25, -0.2) is 9.97 Å². The smallest absolute Gasteiger partial charge is 0.275 e. The summed E-state index contributed by atoms with van der Waals surface area (Å²) in [5.41, 5.74) is 2.85. The largest absolute Gasteiger partial charge is 0.339 e. The Morgan fingerprint density at radius 1 is 0.963 bits per heavy atom. The lowest BCUT2D eigenvalue weighted by Crippen LogP contribution is -2.19. The maximum atomic E-state index is 12.6. The van der Waals surface area contributed by atoms with Gasteiger partial charge in [-0.05, 0) is 41.3 Å². The van der Waals surface area contributed by atoms with Crippen molar-refractivity contribution >= 4 is 34.7 Å². The third kappa shape index (κ3) is 4.83. The van der Waals surface area contributed by atoms with Gasteiger partial charge < -0.3 is 10.6 Å². The van der Waals surface area contributed by atoms with Crippen LogP contribution in [0.5, 0.6) is 0 Å². The molecular weight excluding hydrogens is 360 g/mol. The van der Waals surface area contributed by atoms with Gasteiger partial charge in [0.05, 0.1) is 12.4 Å². The first-order chi connectivity index (χ1) is 12.8. The Bertz CT molecular complexity index is 932. The lowest BCUT2D eigenvalue weighted by molar-refractivity contribution is 0.102. The maximum Gasteiger partial charge on any atom is 0.275 e. The molecule has 3 rings (SSSR count). The molecule has 0 fully saturated rings. The monoisotopic (exact) mass is 380 g/mol. The molecule has 6 heteroatoms. The molecule has 1 amide bonds. The molecule has 1 aromatic heterocycles. The number of carbonyl (C=O) groups excluding carboxylic acids is 1. The van der Waals surface area contributed by atoms with Gasteiger partial charge in [-0.3, -0.25) is 4.79 Å². The Hall–Kier alpha value is -2.92. The molecule has 2 aromatic carbocycles. The Balaban J connectivity index is 1.72. The first kappa shape index (κ1) is 18.9. The standard InChI is InChI=1S/C21H21ClN4O/c1-21(2,3)16-6-4-5-7-17(16)26-20(27)18-12-24-19(13-23-18)25-15-10-8-14(22)9-11-15/h4-13H,1-3H3,(H,24,25)(H,26,27). The highest BCUT2D eigenvalue weighted by atomic mass is 35.5. The molecule has 0 bridgehead atoms. The molecule has 0 aliphatic carbocycles. The SMILES string of the molecule is CC(C)(C)c1ccccc1NC(=O)c1cnc(Nc2ccc(Cl)cc2)cn1. The zero-order valence-electron chi connectivity index (χ0n) is 15.5. The third-order valence-corrected chi connectivity index (χ3v) is 4.24. The molecular formula is C21H21ClN4O. The summed E-state index contributed by atoms with van der Waals surface area (Å²) in [6, 6.07) is 15.0. The number of para-hydroxylation sites is 1.